The van der Waals surface area contributed by atoms with E-state index in [1.165, 1.54) is 0 Å². The first-order valence-corrected chi connectivity index (χ1v) is 10.2. The molecule has 0 saturated carbocycles. The predicted octanol–water partition coefficient (Wildman–Crippen LogP) is 0.991. The van der Waals surface area contributed by atoms with Crippen LogP contribution in [-0.4, -0.2) is 45.1 Å². The summed E-state index contributed by atoms with van der Waals surface area (Å²) in [5.41, 5.74) is 1.64. The number of hydrogen-bond acceptors (Lipinski definition) is 5. The normalized spacial score (nSPS) is 11.0. The largest absolute Gasteiger partial charge is 0.353 e. The third-order valence-corrected chi connectivity index (χ3v) is 4.62. The van der Waals surface area contributed by atoms with Gasteiger partial charge in [-0.2, -0.15) is 0 Å². The van der Waals surface area contributed by atoms with Crippen molar-refractivity contribution in [2.45, 2.75) is 39.8 Å². The van der Waals surface area contributed by atoms with Gasteiger partial charge in [-0.25, -0.2) is 13.1 Å². The van der Waals surface area contributed by atoms with Crippen molar-refractivity contribution >= 4 is 39.9 Å². The molecule has 1 rings (SSSR count). The van der Waals surface area contributed by atoms with Crippen LogP contribution >= 0.6 is 12.4 Å². The van der Waals surface area contributed by atoms with Crippen molar-refractivity contribution in [3.63, 3.8) is 0 Å². The zero-order valence-corrected chi connectivity index (χ0v) is 17.5. The van der Waals surface area contributed by atoms with Crippen LogP contribution in [-0.2, 0) is 26.2 Å². The van der Waals surface area contributed by atoms with E-state index >= 15 is 0 Å². The molecule has 0 radical (unpaired) electrons. The fourth-order valence-corrected chi connectivity index (χ4v) is 3.05. The molecule has 0 aliphatic heterocycles. The van der Waals surface area contributed by atoms with E-state index in [4.69, 9.17) is 0 Å². The molecule has 27 heavy (non-hydrogen) atoms. The van der Waals surface area contributed by atoms with Crippen LogP contribution < -0.4 is 20.7 Å². The summed E-state index contributed by atoms with van der Waals surface area (Å²) in [6.07, 6.45) is -0.196. The maximum Gasteiger partial charge on any atom is 0.235 e. The molecule has 0 aliphatic rings. The molecular weight excluding hydrogens is 392 g/mol. The molecule has 0 atom stereocenters. The molecule has 10 heteroatoms. The van der Waals surface area contributed by atoms with Crippen molar-refractivity contribution in [3.8, 4) is 0 Å². The smallest absolute Gasteiger partial charge is 0.235 e. The summed E-state index contributed by atoms with van der Waals surface area (Å²) in [6.45, 7) is 6.77. The van der Waals surface area contributed by atoms with Gasteiger partial charge in [0.2, 0.25) is 21.8 Å². The Labute approximate surface area is 167 Å². The van der Waals surface area contributed by atoms with Crippen LogP contribution in [0.3, 0.4) is 0 Å². The second-order valence-corrected chi connectivity index (χ2v) is 8.07. The minimum Gasteiger partial charge on any atom is -0.353 e. The Bertz CT molecular complexity index is 711. The molecule has 0 fully saturated rings. The molecule has 0 aromatic heterocycles. The van der Waals surface area contributed by atoms with Gasteiger partial charge in [0.25, 0.3) is 0 Å². The molecule has 8 nitrogen and oxygen atoms in total. The lowest BCUT2D eigenvalue weighted by atomic mass is 10.2. The second kappa shape index (κ2) is 12.7. The van der Waals surface area contributed by atoms with Gasteiger partial charge in [-0.3, -0.25) is 9.59 Å². The Morgan fingerprint density at radius 3 is 2.48 bits per heavy atom. The van der Waals surface area contributed by atoms with E-state index in [0.29, 0.717) is 12.2 Å². The standard InChI is InChI=1S/C17H28N4O4S.ClH/c1-4-18-11-14-6-5-7-15(10-14)21-16(22)8-9-26(24,25)19-12-17(23)20-13(2)3;/h5-7,10,13,18-19H,4,8-9,11-12H2,1-3H3,(H,20,23)(H,21,22);1H. The lowest BCUT2D eigenvalue weighted by Gasteiger charge is -2.10. The Hall–Kier alpha value is -1.68. The van der Waals surface area contributed by atoms with Crippen LogP contribution in [0.4, 0.5) is 5.69 Å². The quantitative estimate of drug-likeness (QED) is 0.426. The van der Waals surface area contributed by atoms with Gasteiger partial charge in [0.05, 0.1) is 12.3 Å². The summed E-state index contributed by atoms with van der Waals surface area (Å²) in [5.74, 6) is -1.20. The molecule has 0 unspecified atom stereocenters. The summed E-state index contributed by atoms with van der Waals surface area (Å²) < 4.78 is 25.9. The molecule has 4 N–H and O–H groups in total. The van der Waals surface area contributed by atoms with Gasteiger partial charge in [-0.05, 0) is 38.1 Å². The van der Waals surface area contributed by atoms with Crippen LogP contribution in [0.2, 0.25) is 0 Å². The lowest BCUT2D eigenvalue weighted by molar-refractivity contribution is -0.120. The van der Waals surface area contributed by atoms with Crippen LogP contribution in [0, 0.1) is 0 Å². The average molecular weight is 421 g/mol. The third-order valence-electron chi connectivity index (χ3n) is 3.29. The van der Waals surface area contributed by atoms with Crippen molar-refractivity contribution in [1.29, 1.82) is 0 Å². The lowest BCUT2D eigenvalue weighted by Crippen LogP contribution is -2.40. The number of anilines is 1. The maximum atomic E-state index is 12.0. The van der Waals surface area contributed by atoms with Gasteiger partial charge in [0.15, 0.2) is 0 Å². The highest BCUT2D eigenvalue weighted by Gasteiger charge is 2.15. The van der Waals surface area contributed by atoms with E-state index in [9.17, 15) is 18.0 Å². The van der Waals surface area contributed by atoms with Crippen LogP contribution in [0.1, 0.15) is 32.8 Å². The van der Waals surface area contributed by atoms with E-state index in [1.54, 1.807) is 19.9 Å². The number of carbonyl (C=O) groups is 2. The average Bonchev–Trinajstić information content (AvgIpc) is 2.56. The minimum absolute atomic E-state index is 0. The summed E-state index contributed by atoms with van der Waals surface area (Å²) in [4.78, 5) is 23.4. The van der Waals surface area contributed by atoms with Crippen molar-refractivity contribution in [3.05, 3.63) is 29.8 Å². The van der Waals surface area contributed by atoms with Crippen molar-refractivity contribution in [2.75, 3.05) is 24.2 Å². The first kappa shape index (κ1) is 25.3. The first-order valence-electron chi connectivity index (χ1n) is 8.58. The molecule has 2 amide bonds. The third kappa shape index (κ3) is 11.6. The number of nitrogens with one attached hydrogen (secondary N) is 4. The number of sulfonamides is 1. The molecule has 1 aromatic carbocycles. The van der Waals surface area contributed by atoms with Crippen LogP contribution in [0.25, 0.3) is 0 Å². The monoisotopic (exact) mass is 420 g/mol. The maximum absolute atomic E-state index is 12.0. The molecule has 0 spiro atoms. The van der Waals surface area contributed by atoms with E-state index in [-0.39, 0.29) is 37.2 Å². The van der Waals surface area contributed by atoms with Gasteiger partial charge in [-0.1, -0.05) is 19.1 Å². The number of rotatable bonds is 11. The fourth-order valence-electron chi connectivity index (χ4n) is 2.10. The number of hydrogen-bond donors (Lipinski definition) is 4. The highest BCUT2D eigenvalue weighted by molar-refractivity contribution is 7.89. The highest BCUT2D eigenvalue weighted by atomic mass is 35.5. The molecule has 0 aliphatic carbocycles. The first-order chi connectivity index (χ1) is 12.2. The second-order valence-electron chi connectivity index (χ2n) is 6.14. The fraction of sp³-hybridized carbons (Fsp3) is 0.529. The van der Waals surface area contributed by atoms with Gasteiger partial charge in [0.1, 0.15) is 0 Å². The minimum atomic E-state index is -3.70. The SMILES string of the molecule is CCNCc1cccc(NC(=O)CCS(=O)(=O)NCC(=O)NC(C)C)c1.Cl. The number of carbonyl (C=O) groups excluding carboxylic acids is 2. The molecule has 0 heterocycles. The van der Waals surface area contributed by atoms with E-state index in [1.807, 2.05) is 25.1 Å². The number of benzene rings is 1. The van der Waals surface area contributed by atoms with E-state index in [0.717, 1.165) is 12.1 Å². The van der Waals surface area contributed by atoms with Crippen LogP contribution in [0.15, 0.2) is 24.3 Å². The van der Waals surface area contributed by atoms with E-state index in [2.05, 4.69) is 20.7 Å². The van der Waals surface area contributed by atoms with E-state index < -0.39 is 21.8 Å². The van der Waals surface area contributed by atoms with Gasteiger partial charge in [0, 0.05) is 24.7 Å². The highest BCUT2D eigenvalue weighted by Crippen LogP contribution is 2.11. The van der Waals surface area contributed by atoms with Crippen LogP contribution in [0.5, 0.6) is 0 Å². The number of amides is 2. The number of halogens is 1. The summed E-state index contributed by atoms with van der Waals surface area (Å²) >= 11 is 0. The zero-order chi connectivity index (χ0) is 19.6. The Morgan fingerprint density at radius 2 is 1.85 bits per heavy atom. The van der Waals surface area contributed by atoms with Gasteiger partial charge in [-0.15, -0.1) is 12.4 Å². The molecular formula is C17H29ClN4O4S. The summed E-state index contributed by atoms with van der Waals surface area (Å²) in [6, 6.07) is 7.28. The Balaban J connectivity index is 0.00000676. The van der Waals surface area contributed by atoms with Gasteiger partial charge < -0.3 is 16.0 Å². The summed E-state index contributed by atoms with van der Waals surface area (Å²) in [7, 11) is -3.70. The van der Waals surface area contributed by atoms with Crippen molar-refractivity contribution in [2.24, 2.45) is 0 Å². The van der Waals surface area contributed by atoms with Gasteiger partial charge >= 0.3 is 0 Å². The Kier molecular flexibility index (Phi) is 11.9. The molecule has 0 bridgehead atoms. The molecule has 154 valence electrons. The molecule has 0 saturated heterocycles. The topological polar surface area (TPSA) is 116 Å². The molecule has 1 aromatic rings. The summed E-state index contributed by atoms with van der Waals surface area (Å²) in [5, 5.41) is 8.46. The predicted molar refractivity (Wildman–Crippen MR) is 109 cm³/mol. The van der Waals surface area contributed by atoms with Crippen molar-refractivity contribution < 1.29 is 18.0 Å². The Morgan fingerprint density at radius 1 is 1.15 bits per heavy atom. The van der Waals surface area contributed by atoms with Crippen molar-refractivity contribution in [1.82, 2.24) is 15.4 Å². The zero-order valence-electron chi connectivity index (χ0n) is 15.9.